The molecule has 4 aliphatic rings. The molecule has 0 aromatic heterocycles. The summed E-state index contributed by atoms with van der Waals surface area (Å²) >= 11 is 0. The molecule has 4 rings (SSSR count). The fourth-order valence-electron chi connectivity index (χ4n) is 5.53. The van der Waals surface area contributed by atoms with Crippen LogP contribution in [0.3, 0.4) is 0 Å². The van der Waals surface area contributed by atoms with E-state index in [-0.39, 0.29) is 13.2 Å². The van der Waals surface area contributed by atoms with Crippen LogP contribution in [0.2, 0.25) is 0 Å². The van der Waals surface area contributed by atoms with Crippen molar-refractivity contribution in [1.82, 2.24) is 0 Å². The molecule has 0 unspecified atom stereocenters. The van der Waals surface area contributed by atoms with Crippen molar-refractivity contribution in [3.05, 3.63) is 0 Å². The Balaban J connectivity index is 1.62. The highest BCUT2D eigenvalue weighted by Crippen LogP contribution is 2.42. The minimum atomic E-state index is -1.26. The van der Waals surface area contributed by atoms with Crippen LogP contribution in [0.25, 0.3) is 0 Å². The summed E-state index contributed by atoms with van der Waals surface area (Å²) in [5.41, 5.74) is -0.714. The lowest BCUT2D eigenvalue weighted by Gasteiger charge is -2.42. The number of rotatable bonds is 9. The number of hydrogen-bond acceptors (Lipinski definition) is 13. The molecule has 4 saturated heterocycles. The number of methoxy groups -OCH3 is 2. The largest absolute Gasteiger partial charge is 0.462 e. The first kappa shape index (κ1) is 32.9. The highest BCUT2D eigenvalue weighted by molar-refractivity contribution is 5.75. The van der Waals surface area contributed by atoms with Crippen LogP contribution in [0.4, 0.5) is 0 Å². The van der Waals surface area contributed by atoms with Crippen molar-refractivity contribution in [3.8, 4) is 0 Å². The molecule has 0 aromatic carbocycles. The maximum Gasteiger partial charge on any atom is 0.311 e. The number of carbonyl (C=O) groups is 1. The molecule has 238 valence electrons. The molecule has 13 heteroatoms. The van der Waals surface area contributed by atoms with E-state index in [1.807, 2.05) is 0 Å². The third-order valence-electron chi connectivity index (χ3n) is 7.35. The molecule has 0 aromatic rings. The number of esters is 1. The number of hydrogen-bond donors (Lipinski definition) is 1. The zero-order chi connectivity index (χ0) is 30.5. The Labute approximate surface area is 242 Å². The average molecular weight is 593 g/mol. The molecule has 4 aliphatic heterocycles. The molecule has 0 spiro atoms. The minimum Gasteiger partial charge on any atom is -0.462 e. The van der Waals surface area contributed by atoms with Crippen molar-refractivity contribution >= 4 is 5.97 Å². The van der Waals surface area contributed by atoms with Gasteiger partial charge in [-0.2, -0.15) is 0 Å². The number of aliphatic hydroxyl groups excluding tert-OH is 1. The van der Waals surface area contributed by atoms with Gasteiger partial charge in [-0.1, -0.05) is 0 Å². The van der Waals surface area contributed by atoms with Gasteiger partial charge in [0.2, 0.25) is 0 Å². The van der Waals surface area contributed by atoms with Crippen molar-refractivity contribution in [1.29, 1.82) is 0 Å². The molecule has 41 heavy (non-hydrogen) atoms. The average Bonchev–Trinajstić information content (AvgIpc) is 3.49. The van der Waals surface area contributed by atoms with Crippen molar-refractivity contribution in [2.45, 2.75) is 141 Å². The summed E-state index contributed by atoms with van der Waals surface area (Å²) < 4.78 is 66.1. The van der Waals surface area contributed by atoms with Gasteiger partial charge in [0.1, 0.15) is 55.4 Å². The first-order valence-corrected chi connectivity index (χ1v) is 14.1. The van der Waals surface area contributed by atoms with Gasteiger partial charge in [-0.25, -0.2) is 0 Å². The second kappa shape index (κ2) is 11.8. The van der Waals surface area contributed by atoms with Crippen LogP contribution in [-0.2, 0) is 56.9 Å². The van der Waals surface area contributed by atoms with Gasteiger partial charge in [0.25, 0.3) is 0 Å². The fraction of sp³-hybridized carbons (Fsp3) is 0.964. The SMILES string of the molecule is COC(OC)[C@@H]1OC(C)(C)O[C@H]1[C@H](O[C@@H]1O[C@H](COC(=O)C(C)(C)C)[C@@H]2OC(C)(C)O[C@@H]2[C@H]1O)[C@H]1COC(C)(C)O1. The third-order valence-corrected chi connectivity index (χ3v) is 7.35. The minimum absolute atomic E-state index is 0.127. The fourth-order valence-corrected chi connectivity index (χ4v) is 5.53. The van der Waals surface area contributed by atoms with E-state index >= 15 is 0 Å². The summed E-state index contributed by atoms with van der Waals surface area (Å²) in [6, 6.07) is 0. The first-order chi connectivity index (χ1) is 18.9. The maximum absolute atomic E-state index is 12.6. The van der Waals surface area contributed by atoms with Crippen molar-refractivity contribution in [3.63, 3.8) is 0 Å². The number of ether oxygens (including phenoxy) is 11. The van der Waals surface area contributed by atoms with Gasteiger partial charge in [0.05, 0.1) is 12.0 Å². The molecule has 13 nitrogen and oxygen atoms in total. The Morgan fingerprint density at radius 1 is 0.878 bits per heavy atom. The summed E-state index contributed by atoms with van der Waals surface area (Å²) in [6.45, 7) is 16.0. The van der Waals surface area contributed by atoms with E-state index in [4.69, 9.17) is 52.1 Å². The normalized spacial score (nSPS) is 38.7. The van der Waals surface area contributed by atoms with Gasteiger partial charge in [-0.3, -0.25) is 4.79 Å². The third kappa shape index (κ3) is 7.40. The molecular formula is C28H48O13. The van der Waals surface area contributed by atoms with Gasteiger partial charge >= 0.3 is 5.97 Å². The second-order valence-corrected chi connectivity index (χ2v) is 13.3. The summed E-state index contributed by atoms with van der Waals surface area (Å²) in [7, 11) is 3.01. The molecule has 0 saturated carbocycles. The van der Waals surface area contributed by atoms with Crippen LogP contribution in [0.15, 0.2) is 0 Å². The van der Waals surface area contributed by atoms with E-state index in [9.17, 15) is 9.90 Å². The lowest BCUT2D eigenvalue weighted by atomic mass is 9.96. The summed E-state index contributed by atoms with van der Waals surface area (Å²) in [4.78, 5) is 12.6. The molecule has 0 radical (unpaired) electrons. The van der Waals surface area contributed by atoms with E-state index in [0.717, 1.165) is 0 Å². The van der Waals surface area contributed by atoms with Crippen LogP contribution in [0.5, 0.6) is 0 Å². The van der Waals surface area contributed by atoms with E-state index < -0.39 is 90.2 Å². The Morgan fingerprint density at radius 3 is 2.02 bits per heavy atom. The number of aliphatic hydroxyl groups is 1. The molecule has 0 bridgehead atoms. The Kier molecular flexibility index (Phi) is 9.52. The van der Waals surface area contributed by atoms with E-state index in [0.29, 0.717) is 0 Å². The predicted molar refractivity (Wildman–Crippen MR) is 140 cm³/mol. The Hall–Kier alpha value is -0.970. The van der Waals surface area contributed by atoms with E-state index in [1.165, 1.54) is 14.2 Å². The number of carbonyl (C=O) groups excluding carboxylic acids is 1. The predicted octanol–water partition coefficient (Wildman–Crippen LogP) is 1.86. The summed E-state index contributed by atoms with van der Waals surface area (Å²) in [5.74, 6) is -3.29. The molecular weight excluding hydrogens is 544 g/mol. The molecule has 0 aliphatic carbocycles. The topological polar surface area (TPSA) is 139 Å². The smallest absolute Gasteiger partial charge is 0.311 e. The molecule has 4 heterocycles. The van der Waals surface area contributed by atoms with Crippen molar-refractivity contribution < 1.29 is 62.0 Å². The molecule has 9 atom stereocenters. The summed E-state index contributed by atoms with van der Waals surface area (Å²) in [6.07, 6.45) is -8.62. The maximum atomic E-state index is 12.6. The lowest BCUT2D eigenvalue weighted by Crippen LogP contribution is -2.61. The zero-order valence-electron chi connectivity index (χ0n) is 26.0. The van der Waals surface area contributed by atoms with Crippen molar-refractivity contribution in [2.24, 2.45) is 5.41 Å². The monoisotopic (exact) mass is 592 g/mol. The van der Waals surface area contributed by atoms with Crippen LogP contribution in [0.1, 0.15) is 62.3 Å². The van der Waals surface area contributed by atoms with Gasteiger partial charge < -0.3 is 57.2 Å². The van der Waals surface area contributed by atoms with E-state index in [1.54, 1.807) is 62.3 Å². The van der Waals surface area contributed by atoms with Gasteiger partial charge in [-0.05, 0) is 62.3 Å². The molecule has 0 amide bonds. The van der Waals surface area contributed by atoms with Crippen LogP contribution in [-0.4, -0.2) is 117 Å². The first-order valence-electron chi connectivity index (χ1n) is 14.1. The van der Waals surface area contributed by atoms with Gasteiger partial charge in [0.15, 0.2) is 29.9 Å². The van der Waals surface area contributed by atoms with Gasteiger partial charge in [-0.15, -0.1) is 0 Å². The van der Waals surface area contributed by atoms with Crippen LogP contribution >= 0.6 is 0 Å². The van der Waals surface area contributed by atoms with Crippen LogP contribution in [0, 0.1) is 5.41 Å². The van der Waals surface area contributed by atoms with Crippen LogP contribution < -0.4 is 0 Å². The quantitative estimate of drug-likeness (QED) is 0.308. The zero-order valence-corrected chi connectivity index (χ0v) is 26.0. The lowest BCUT2D eigenvalue weighted by molar-refractivity contribution is -0.316. The Bertz CT molecular complexity index is 911. The summed E-state index contributed by atoms with van der Waals surface area (Å²) in [5, 5.41) is 11.4. The Morgan fingerprint density at radius 2 is 1.46 bits per heavy atom. The highest BCUT2D eigenvalue weighted by atomic mass is 16.8. The van der Waals surface area contributed by atoms with E-state index in [2.05, 4.69) is 0 Å². The van der Waals surface area contributed by atoms with Gasteiger partial charge in [0, 0.05) is 14.2 Å². The standard InChI is InChI=1S/C28H48O13/c1-25(2,3)24(30)33-12-14-18-19(39-27(6,7)38-18)16(29)22(35-14)36-17(15-13-34-26(4,5)37-15)20-21(23(31-10)32-11)41-28(8,9)40-20/h14-23,29H,12-13H2,1-11H3/t14-,15-,16-,17-,18+,19-,20+,21-,22+/m1/s1. The molecule has 4 fully saturated rings. The van der Waals surface area contributed by atoms with Crippen molar-refractivity contribution in [2.75, 3.05) is 27.4 Å². The second-order valence-electron chi connectivity index (χ2n) is 13.3. The number of fused-ring (bicyclic) bond motifs is 1. The highest BCUT2D eigenvalue weighted by Gasteiger charge is 2.59. The molecule has 1 N–H and O–H groups in total.